The Hall–Kier alpha value is -3.54. The monoisotopic (exact) mass is 405 g/mol. The van der Waals surface area contributed by atoms with Crippen LogP contribution < -0.4 is 9.47 Å². The molecule has 3 aromatic rings. The number of benzene rings is 2. The summed E-state index contributed by atoms with van der Waals surface area (Å²) in [4.78, 5) is 15.2. The van der Waals surface area contributed by atoms with Gasteiger partial charge in [-0.15, -0.1) is 0 Å². The van der Waals surface area contributed by atoms with Gasteiger partial charge in [-0.05, 0) is 44.2 Å². The van der Waals surface area contributed by atoms with Gasteiger partial charge in [0.15, 0.2) is 0 Å². The fraction of sp³-hybridized carbons (Fsp3) is 0.250. The van der Waals surface area contributed by atoms with E-state index in [1.165, 1.54) is 0 Å². The predicted octanol–water partition coefficient (Wildman–Crippen LogP) is 4.59. The quantitative estimate of drug-likeness (QED) is 0.514. The fourth-order valence-corrected chi connectivity index (χ4v) is 3.26. The van der Waals surface area contributed by atoms with Crippen molar-refractivity contribution in [3.05, 3.63) is 72.4 Å². The van der Waals surface area contributed by atoms with Crippen LogP contribution in [0.2, 0.25) is 0 Å². The lowest BCUT2D eigenvalue weighted by molar-refractivity contribution is 0.0779. The molecule has 0 saturated heterocycles. The summed E-state index contributed by atoms with van der Waals surface area (Å²) in [7, 11) is 3.20. The zero-order chi connectivity index (χ0) is 21.7. The Morgan fingerprint density at radius 1 is 1.13 bits per heavy atom. The number of para-hydroxylation sites is 1. The standard InChI is InChI=1S/C24H27N3O3/c1-6-26(15-17(2)3)24(28)21-16-27(18-10-8-7-9-11-18)25-23(21)20-14-19(29-4)12-13-22(20)30-5/h7-14,16H,2,6,15H2,1,3-5H3. The van der Waals surface area contributed by atoms with Gasteiger partial charge in [-0.2, -0.15) is 5.10 Å². The van der Waals surface area contributed by atoms with E-state index >= 15 is 0 Å². The van der Waals surface area contributed by atoms with Crippen molar-refractivity contribution < 1.29 is 14.3 Å². The molecule has 30 heavy (non-hydrogen) atoms. The SMILES string of the molecule is C=C(C)CN(CC)C(=O)c1cn(-c2ccccc2)nc1-c1cc(OC)ccc1OC. The van der Waals surface area contributed by atoms with Gasteiger partial charge in [0.1, 0.15) is 17.2 Å². The molecule has 0 aliphatic rings. The summed E-state index contributed by atoms with van der Waals surface area (Å²) >= 11 is 0. The number of amides is 1. The maximum absolute atomic E-state index is 13.5. The van der Waals surface area contributed by atoms with Crippen molar-refractivity contribution in [1.82, 2.24) is 14.7 Å². The first-order valence-electron chi connectivity index (χ1n) is 9.79. The lowest BCUT2D eigenvalue weighted by Gasteiger charge is -2.21. The molecule has 1 amide bonds. The van der Waals surface area contributed by atoms with Crippen molar-refractivity contribution >= 4 is 5.91 Å². The number of likely N-dealkylation sites (N-methyl/N-ethyl adjacent to an activating group) is 1. The first kappa shape index (κ1) is 21.2. The van der Waals surface area contributed by atoms with Gasteiger partial charge in [0.05, 0.1) is 25.5 Å². The molecule has 1 aromatic heterocycles. The Morgan fingerprint density at radius 2 is 1.87 bits per heavy atom. The minimum Gasteiger partial charge on any atom is -0.497 e. The number of hydrogen-bond donors (Lipinski definition) is 0. The smallest absolute Gasteiger partial charge is 0.257 e. The number of carbonyl (C=O) groups is 1. The zero-order valence-corrected chi connectivity index (χ0v) is 17.9. The lowest BCUT2D eigenvalue weighted by Crippen LogP contribution is -2.32. The van der Waals surface area contributed by atoms with E-state index in [2.05, 4.69) is 6.58 Å². The average Bonchev–Trinajstić information content (AvgIpc) is 3.22. The van der Waals surface area contributed by atoms with Crippen LogP contribution in [0.1, 0.15) is 24.2 Å². The largest absolute Gasteiger partial charge is 0.497 e. The normalized spacial score (nSPS) is 10.5. The number of methoxy groups -OCH3 is 2. The highest BCUT2D eigenvalue weighted by Crippen LogP contribution is 2.35. The zero-order valence-electron chi connectivity index (χ0n) is 17.9. The van der Waals surface area contributed by atoms with Crippen molar-refractivity contribution in [3.63, 3.8) is 0 Å². The van der Waals surface area contributed by atoms with E-state index in [0.717, 1.165) is 11.3 Å². The number of ether oxygens (including phenoxy) is 2. The third-order valence-corrected chi connectivity index (χ3v) is 4.76. The molecule has 0 aliphatic heterocycles. The second kappa shape index (κ2) is 9.31. The van der Waals surface area contributed by atoms with E-state index in [9.17, 15) is 4.79 Å². The molecule has 0 aliphatic carbocycles. The highest BCUT2D eigenvalue weighted by atomic mass is 16.5. The van der Waals surface area contributed by atoms with E-state index < -0.39 is 0 Å². The van der Waals surface area contributed by atoms with Gasteiger partial charge in [0.2, 0.25) is 0 Å². The molecule has 0 unspecified atom stereocenters. The van der Waals surface area contributed by atoms with Crippen LogP contribution in [-0.4, -0.2) is 47.9 Å². The van der Waals surface area contributed by atoms with E-state index in [1.54, 1.807) is 30.0 Å². The summed E-state index contributed by atoms with van der Waals surface area (Å²) < 4.78 is 12.7. The van der Waals surface area contributed by atoms with Gasteiger partial charge < -0.3 is 14.4 Å². The van der Waals surface area contributed by atoms with Crippen molar-refractivity contribution in [1.29, 1.82) is 0 Å². The fourth-order valence-electron chi connectivity index (χ4n) is 3.26. The van der Waals surface area contributed by atoms with Gasteiger partial charge in [-0.1, -0.05) is 30.4 Å². The van der Waals surface area contributed by atoms with Gasteiger partial charge in [0.25, 0.3) is 5.91 Å². The van der Waals surface area contributed by atoms with Gasteiger partial charge in [0, 0.05) is 24.8 Å². The van der Waals surface area contributed by atoms with Gasteiger partial charge >= 0.3 is 0 Å². The van der Waals surface area contributed by atoms with Crippen LogP contribution >= 0.6 is 0 Å². The van der Waals surface area contributed by atoms with Crippen LogP contribution in [-0.2, 0) is 0 Å². The lowest BCUT2D eigenvalue weighted by atomic mass is 10.1. The van der Waals surface area contributed by atoms with Crippen LogP contribution in [0, 0.1) is 0 Å². The van der Waals surface area contributed by atoms with Gasteiger partial charge in [-0.25, -0.2) is 4.68 Å². The first-order valence-corrected chi connectivity index (χ1v) is 9.79. The van der Waals surface area contributed by atoms with Crippen LogP contribution in [0.25, 0.3) is 16.9 Å². The Balaban J connectivity index is 2.20. The molecule has 2 aromatic carbocycles. The number of aromatic nitrogens is 2. The van der Waals surface area contributed by atoms with E-state index in [1.807, 2.05) is 62.4 Å². The van der Waals surface area contributed by atoms with Gasteiger partial charge in [-0.3, -0.25) is 4.79 Å². The minimum absolute atomic E-state index is 0.109. The highest BCUT2D eigenvalue weighted by Gasteiger charge is 2.25. The molecule has 6 nitrogen and oxygen atoms in total. The maximum atomic E-state index is 13.5. The number of nitrogens with zero attached hydrogens (tertiary/aromatic N) is 3. The molecule has 0 N–H and O–H groups in total. The van der Waals surface area contributed by atoms with E-state index in [0.29, 0.717) is 41.4 Å². The Bertz CT molecular complexity index is 1040. The molecule has 6 heteroatoms. The second-order valence-electron chi connectivity index (χ2n) is 7.01. The minimum atomic E-state index is -0.109. The Kier molecular flexibility index (Phi) is 6.57. The van der Waals surface area contributed by atoms with Crippen LogP contribution in [0.15, 0.2) is 66.9 Å². The number of hydrogen-bond acceptors (Lipinski definition) is 4. The highest BCUT2D eigenvalue weighted by molar-refractivity contribution is 6.00. The topological polar surface area (TPSA) is 56.6 Å². The molecule has 156 valence electrons. The van der Waals surface area contributed by atoms with Crippen LogP contribution in [0.4, 0.5) is 0 Å². The molecular weight excluding hydrogens is 378 g/mol. The third-order valence-electron chi connectivity index (χ3n) is 4.76. The summed E-state index contributed by atoms with van der Waals surface area (Å²) in [6.45, 7) is 8.87. The molecule has 1 heterocycles. The van der Waals surface area contributed by atoms with Crippen LogP contribution in [0.3, 0.4) is 0 Å². The molecular formula is C24H27N3O3. The summed E-state index contributed by atoms with van der Waals surface area (Å²) in [6.07, 6.45) is 1.77. The van der Waals surface area contributed by atoms with Crippen molar-refractivity contribution in [2.75, 3.05) is 27.3 Å². The molecule has 0 saturated carbocycles. The van der Waals surface area contributed by atoms with Crippen LogP contribution in [0.5, 0.6) is 11.5 Å². The molecule has 0 fully saturated rings. The average molecular weight is 405 g/mol. The Labute approximate surface area is 177 Å². The number of rotatable bonds is 8. The molecule has 0 radical (unpaired) electrons. The predicted molar refractivity (Wildman–Crippen MR) is 118 cm³/mol. The van der Waals surface area contributed by atoms with E-state index in [4.69, 9.17) is 14.6 Å². The summed E-state index contributed by atoms with van der Waals surface area (Å²) in [5, 5.41) is 4.76. The molecule has 0 atom stereocenters. The summed E-state index contributed by atoms with van der Waals surface area (Å²) in [5.74, 6) is 1.17. The molecule has 0 spiro atoms. The van der Waals surface area contributed by atoms with Crippen molar-refractivity contribution in [3.8, 4) is 28.4 Å². The Morgan fingerprint density at radius 3 is 2.47 bits per heavy atom. The molecule has 3 rings (SSSR count). The number of carbonyl (C=O) groups excluding carboxylic acids is 1. The van der Waals surface area contributed by atoms with Crippen molar-refractivity contribution in [2.45, 2.75) is 13.8 Å². The third kappa shape index (κ3) is 4.38. The molecule has 0 bridgehead atoms. The van der Waals surface area contributed by atoms with Crippen molar-refractivity contribution in [2.24, 2.45) is 0 Å². The first-order chi connectivity index (χ1) is 14.5. The summed E-state index contributed by atoms with van der Waals surface area (Å²) in [6, 6.07) is 15.2. The summed E-state index contributed by atoms with van der Waals surface area (Å²) in [5.41, 5.74) is 3.51. The van der Waals surface area contributed by atoms with E-state index in [-0.39, 0.29) is 5.91 Å². The second-order valence-corrected chi connectivity index (χ2v) is 7.01. The maximum Gasteiger partial charge on any atom is 0.257 e.